The molecule has 0 saturated heterocycles. The quantitative estimate of drug-likeness (QED) is 0.793. The highest BCUT2D eigenvalue weighted by Crippen LogP contribution is 2.27. The van der Waals surface area contributed by atoms with Gasteiger partial charge in [0.15, 0.2) is 0 Å². The van der Waals surface area contributed by atoms with Gasteiger partial charge in [0, 0.05) is 5.02 Å². The van der Waals surface area contributed by atoms with Gasteiger partial charge in [0.2, 0.25) is 0 Å². The Morgan fingerprint density at radius 2 is 2.38 bits per heavy atom. The van der Waals surface area contributed by atoms with E-state index in [-0.39, 0.29) is 6.54 Å². The number of urea groups is 1. The molecule has 0 fully saturated rings. The number of nitrogens with zero attached hydrogens (tertiary/aromatic N) is 1. The van der Waals surface area contributed by atoms with Crippen LogP contribution in [0.4, 0.5) is 10.5 Å². The monoisotopic (exact) mass is 239 g/mol. The van der Waals surface area contributed by atoms with Crippen molar-refractivity contribution >= 4 is 23.3 Å². The van der Waals surface area contributed by atoms with Crippen LogP contribution in [0.2, 0.25) is 5.02 Å². The highest BCUT2D eigenvalue weighted by Gasteiger charge is 2.07. The molecular weight excluding hydrogens is 230 g/mol. The Bertz CT molecular complexity index is 429. The van der Waals surface area contributed by atoms with Gasteiger partial charge >= 0.3 is 6.03 Å². The second-order valence-electron chi connectivity index (χ2n) is 2.81. The van der Waals surface area contributed by atoms with Crippen molar-refractivity contribution in [2.45, 2.75) is 0 Å². The Hall–Kier alpha value is -1.93. The number of carbonyl (C=O) groups excluding carboxylic acids is 1. The van der Waals surface area contributed by atoms with E-state index in [1.165, 1.54) is 7.11 Å². The predicted molar refractivity (Wildman–Crippen MR) is 60.6 cm³/mol. The molecule has 6 heteroatoms. The van der Waals surface area contributed by atoms with Crippen LogP contribution >= 0.6 is 11.6 Å². The molecule has 1 aromatic rings. The Morgan fingerprint density at radius 1 is 1.62 bits per heavy atom. The van der Waals surface area contributed by atoms with Crippen LogP contribution in [0, 0.1) is 11.3 Å². The summed E-state index contributed by atoms with van der Waals surface area (Å²) in [7, 11) is 1.49. The maximum Gasteiger partial charge on any atom is 0.320 e. The van der Waals surface area contributed by atoms with Crippen LogP contribution in [-0.2, 0) is 0 Å². The minimum atomic E-state index is -0.484. The van der Waals surface area contributed by atoms with E-state index in [2.05, 4.69) is 10.6 Å². The molecule has 0 aliphatic heterocycles. The number of nitrogens with one attached hydrogen (secondary N) is 2. The number of anilines is 1. The molecular formula is C10H10ClN3O2. The molecule has 5 nitrogen and oxygen atoms in total. The molecule has 0 aromatic heterocycles. The third kappa shape index (κ3) is 3.33. The van der Waals surface area contributed by atoms with Gasteiger partial charge in [-0.25, -0.2) is 4.79 Å². The van der Waals surface area contributed by atoms with E-state index in [1.807, 2.05) is 0 Å². The number of carbonyl (C=O) groups is 1. The Morgan fingerprint density at radius 3 is 3.00 bits per heavy atom. The summed E-state index contributed by atoms with van der Waals surface area (Å²) in [5.41, 5.74) is 0.449. The highest BCUT2D eigenvalue weighted by atomic mass is 35.5. The van der Waals surface area contributed by atoms with Gasteiger partial charge in [0.05, 0.1) is 18.9 Å². The van der Waals surface area contributed by atoms with Crippen molar-refractivity contribution in [1.82, 2.24) is 5.32 Å². The van der Waals surface area contributed by atoms with Crippen molar-refractivity contribution in [3.8, 4) is 11.8 Å². The van der Waals surface area contributed by atoms with Crippen molar-refractivity contribution < 1.29 is 9.53 Å². The fourth-order valence-electron chi connectivity index (χ4n) is 1.06. The summed E-state index contributed by atoms with van der Waals surface area (Å²) in [6.07, 6.45) is 0. The summed E-state index contributed by atoms with van der Waals surface area (Å²) < 4.78 is 5.04. The first kappa shape index (κ1) is 12.1. The third-order valence-electron chi connectivity index (χ3n) is 1.74. The van der Waals surface area contributed by atoms with E-state index in [1.54, 1.807) is 24.3 Å². The topological polar surface area (TPSA) is 74.2 Å². The van der Waals surface area contributed by atoms with E-state index in [0.717, 1.165) is 0 Å². The molecule has 0 spiro atoms. The van der Waals surface area contributed by atoms with E-state index in [0.29, 0.717) is 16.5 Å². The number of ether oxygens (including phenoxy) is 1. The molecule has 0 heterocycles. The van der Waals surface area contributed by atoms with Crippen LogP contribution in [0.15, 0.2) is 18.2 Å². The number of nitriles is 1. The largest absolute Gasteiger partial charge is 0.495 e. The van der Waals surface area contributed by atoms with Crippen molar-refractivity contribution in [3.05, 3.63) is 23.2 Å². The minimum Gasteiger partial charge on any atom is -0.495 e. The van der Waals surface area contributed by atoms with E-state index >= 15 is 0 Å². The predicted octanol–water partition coefficient (Wildman–Crippen LogP) is 1.99. The number of halogens is 1. The van der Waals surface area contributed by atoms with Crippen LogP contribution in [0.3, 0.4) is 0 Å². The lowest BCUT2D eigenvalue weighted by Crippen LogP contribution is -2.28. The number of benzene rings is 1. The van der Waals surface area contributed by atoms with Crippen LogP contribution < -0.4 is 15.4 Å². The van der Waals surface area contributed by atoms with Crippen LogP contribution in [-0.4, -0.2) is 19.7 Å². The SMILES string of the molecule is COc1ccc(Cl)cc1NC(=O)NCC#N. The molecule has 0 aliphatic rings. The minimum absolute atomic E-state index is 0.0608. The first-order valence-corrected chi connectivity index (χ1v) is 4.80. The van der Waals surface area contributed by atoms with Crippen LogP contribution in [0.5, 0.6) is 5.75 Å². The molecule has 0 unspecified atom stereocenters. The standard InChI is InChI=1S/C10H10ClN3O2/c1-16-9-3-2-7(11)6-8(9)14-10(15)13-5-4-12/h2-3,6H,5H2,1H3,(H2,13,14,15). The molecule has 0 bridgehead atoms. The molecule has 0 aliphatic carbocycles. The van der Waals surface area contributed by atoms with Gasteiger partial charge in [-0.05, 0) is 18.2 Å². The molecule has 84 valence electrons. The van der Waals surface area contributed by atoms with E-state index in [9.17, 15) is 4.79 Å². The average molecular weight is 240 g/mol. The molecule has 1 rings (SSSR count). The highest BCUT2D eigenvalue weighted by molar-refractivity contribution is 6.31. The zero-order chi connectivity index (χ0) is 12.0. The lowest BCUT2D eigenvalue weighted by Gasteiger charge is -2.10. The molecule has 1 aromatic carbocycles. The van der Waals surface area contributed by atoms with Gasteiger partial charge in [-0.1, -0.05) is 11.6 Å². The van der Waals surface area contributed by atoms with Gasteiger partial charge in [0.1, 0.15) is 12.3 Å². The van der Waals surface area contributed by atoms with Gasteiger partial charge < -0.3 is 15.4 Å². The number of hydrogen-bond acceptors (Lipinski definition) is 3. The summed E-state index contributed by atoms with van der Waals surface area (Å²) in [4.78, 5) is 11.3. The summed E-state index contributed by atoms with van der Waals surface area (Å²) in [6, 6.07) is 6.17. The van der Waals surface area contributed by atoms with Gasteiger partial charge in [-0.15, -0.1) is 0 Å². The normalized spacial score (nSPS) is 9.06. The Balaban J connectivity index is 2.76. The average Bonchev–Trinajstić information content (AvgIpc) is 2.27. The summed E-state index contributed by atoms with van der Waals surface area (Å²) in [5.74, 6) is 0.497. The summed E-state index contributed by atoms with van der Waals surface area (Å²) >= 11 is 5.78. The fraction of sp³-hybridized carbons (Fsp3) is 0.200. The molecule has 0 radical (unpaired) electrons. The molecule has 2 N–H and O–H groups in total. The van der Waals surface area contributed by atoms with Gasteiger partial charge in [0.25, 0.3) is 0 Å². The second-order valence-corrected chi connectivity index (χ2v) is 3.25. The number of amides is 2. The smallest absolute Gasteiger partial charge is 0.320 e. The number of methoxy groups -OCH3 is 1. The van der Waals surface area contributed by atoms with Crippen molar-refractivity contribution in [3.63, 3.8) is 0 Å². The second kappa shape index (κ2) is 5.83. The zero-order valence-electron chi connectivity index (χ0n) is 8.58. The third-order valence-corrected chi connectivity index (χ3v) is 1.97. The van der Waals surface area contributed by atoms with E-state index < -0.39 is 6.03 Å². The molecule has 0 atom stereocenters. The maximum atomic E-state index is 11.3. The lowest BCUT2D eigenvalue weighted by atomic mass is 10.3. The summed E-state index contributed by atoms with van der Waals surface area (Å²) in [5, 5.41) is 13.6. The van der Waals surface area contributed by atoms with Gasteiger partial charge in [-0.2, -0.15) is 5.26 Å². The van der Waals surface area contributed by atoms with Crippen molar-refractivity contribution in [2.24, 2.45) is 0 Å². The molecule has 0 saturated carbocycles. The number of hydrogen-bond donors (Lipinski definition) is 2. The lowest BCUT2D eigenvalue weighted by molar-refractivity contribution is 0.253. The zero-order valence-corrected chi connectivity index (χ0v) is 9.34. The first-order chi connectivity index (χ1) is 7.67. The number of rotatable bonds is 3. The summed E-state index contributed by atoms with van der Waals surface area (Å²) in [6.45, 7) is -0.0608. The maximum absolute atomic E-state index is 11.3. The van der Waals surface area contributed by atoms with Crippen molar-refractivity contribution in [1.29, 1.82) is 5.26 Å². The van der Waals surface area contributed by atoms with Gasteiger partial charge in [-0.3, -0.25) is 0 Å². The van der Waals surface area contributed by atoms with Crippen LogP contribution in [0.25, 0.3) is 0 Å². The van der Waals surface area contributed by atoms with Crippen molar-refractivity contribution in [2.75, 3.05) is 19.0 Å². The first-order valence-electron chi connectivity index (χ1n) is 4.42. The Labute approximate surface area is 98.0 Å². The fourth-order valence-corrected chi connectivity index (χ4v) is 1.24. The molecule has 2 amide bonds. The Kier molecular flexibility index (Phi) is 4.42. The molecule has 16 heavy (non-hydrogen) atoms. The van der Waals surface area contributed by atoms with Crippen LogP contribution in [0.1, 0.15) is 0 Å². The van der Waals surface area contributed by atoms with E-state index in [4.69, 9.17) is 21.6 Å².